The van der Waals surface area contributed by atoms with E-state index >= 15 is 0 Å². The summed E-state index contributed by atoms with van der Waals surface area (Å²) in [7, 11) is 0. The van der Waals surface area contributed by atoms with Gasteiger partial charge in [0.15, 0.2) is 5.69 Å². The molecule has 0 bridgehead atoms. The molecule has 3 heterocycles. The van der Waals surface area contributed by atoms with Crippen LogP contribution in [0, 0.1) is 18.3 Å². The molecule has 0 radical (unpaired) electrons. The molecule has 27 heavy (non-hydrogen) atoms. The van der Waals surface area contributed by atoms with Gasteiger partial charge in [-0.1, -0.05) is 0 Å². The van der Waals surface area contributed by atoms with Crippen LogP contribution in [0.3, 0.4) is 0 Å². The summed E-state index contributed by atoms with van der Waals surface area (Å²) < 4.78 is 6.80. The van der Waals surface area contributed by atoms with Gasteiger partial charge in [0.2, 0.25) is 0 Å². The number of amides is 2. The van der Waals surface area contributed by atoms with E-state index in [2.05, 4.69) is 16.5 Å². The molecular weight excluding hydrogens is 366 g/mol. The van der Waals surface area contributed by atoms with Crippen LogP contribution in [0.4, 0.5) is 9.80 Å². The Kier molecular flexibility index (Phi) is 5.46. The predicted molar refractivity (Wildman–Crippen MR) is 101 cm³/mol. The molecule has 1 N–H and O–H groups in total. The minimum atomic E-state index is -0.360. The van der Waals surface area contributed by atoms with Crippen molar-refractivity contribution in [2.24, 2.45) is 0 Å². The van der Waals surface area contributed by atoms with Gasteiger partial charge >= 0.3 is 6.09 Å². The number of carbonyl (C=O) groups excluding carboxylic acids is 2. The van der Waals surface area contributed by atoms with Gasteiger partial charge in [-0.3, -0.25) is 9.48 Å². The molecule has 2 amide bonds. The largest absolute Gasteiger partial charge is 0.450 e. The lowest BCUT2D eigenvalue weighted by Gasteiger charge is -2.25. The van der Waals surface area contributed by atoms with Crippen molar-refractivity contribution in [3.8, 4) is 6.07 Å². The van der Waals surface area contributed by atoms with Crippen LogP contribution in [0.25, 0.3) is 0 Å². The number of carbonyl (C=O) groups is 2. The molecule has 2 aromatic rings. The minimum absolute atomic E-state index is 0.317. The van der Waals surface area contributed by atoms with Gasteiger partial charge < -0.3 is 15.0 Å². The van der Waals surface area contributed by atoms with Crippen molar-refractivity contribution in [1.29, 1.82) is 5.26 Å². The number of nitrogens with one attached hydrogen (secondary N) is 1. The number of anilines is 1. The van der Waals surface area contributed by atoms with Crippen molar-refractivity contribution in [3.63, 3.8) is 0 Å². The minimum Gasteiger partial charge on any atom is -0.450 e. The Bertz CT molecular complexity index is 924. The summed E-state index contributed by atoms with van der Waals surface area (Å²) in [5.74, 6) is -0.345. The second-order valence-corrected chi connectivity index (χ2v) is 7.24. The quantitative estimate of drug-likeness (QED) is 0.869. The van der Waals surface area contributed by atoms with Crippen molar-refractivity contribution in [1.82, 2.24) is 14.7 Å². The van der Waals surface area contributed by atoms with E-state index in [1.807, 2.05) is 13.8 Å². The number of rotatable bonds is 4. The highest BCUT2D eigenvalue weighted by molar-refractivity contribution is 7.16. The Hall–Kier alpha value is -2.86. The van der Waals surface area contributed by atoms with Gasteiger partial charge in [0.1, 0.15) is 11.1 Å². The highest BCUT2D eigenvalue weighted by atomic mass is 32.1. The Morgan fingerprint density at radius 3 is 2.85 bits per heavy atom. The molecule has 0 saturated carbocycles. The van der Waals surface area contributed by atoms with E-state index in [-0.39, 0.29) is 12.0 Å². The summed E-state index contributed by atoms with van der Waals surface area (Å²) >= 11 is 1.33. The topological polar surface area (TPSA) is 100 Å². The van der Waals surface area contributed by atoms with E-state index in [9.17, 15) is 14.9 Å². The van der Waals surface area contributed by atoms with Gasteiger partial charge in [0.25, 0.3) is 5.91 Å². The summed E-state index contributed by atoms with van der Waals surface area (Å²) in [6.07, 6.45) is 0.203. The van der Waals surface area contributed by atoms with Crippen molar-refractivity contribution in [2.45, 2.75) is 40.3 Å². The number of aryl methyl sites for hydroxylation is 2. The van der Waals surface area contributed by atoms with Gasteiger partial charge in [-0.25, -0.2) is 4.79 Å². The highest BCUT2D eigenvalue weighted by Crippen LogP contribution is 2.37. The van der Waals surface area contributed by atoms with E-state index in [0.29, 0.717) is 48.9 Å². The lowest BCUT2D eigenvalue weighted by atomic mass is 10.0. The molecule has 1 aliphatic heterocycles. The third-order valence-electron chi connectivity index (χ3n) is 4.44. The van der Waals surface area contributed by atoms with Crippen LogP contribution in [-0.4, -0.2) is 39.8 Å². The molecule has 0 saturated heterocycles. The average Bonchev–Trinajstić information content (AvgIpc) is 3.20. The highest BCUT2D eigenvalue weighted by Gasteiger charge is 2.28. The lowest BCUT2D eigenvalue weighted by Crippen LogP contribution is -2.35. The number of hydrogen-bond donors (Lipinski definition) is 1. The summed E-state index contributed by atoms with van der Waals surface area (Å²) in [6, 6.07) is 3.92. The molecule has 0 fully saturated rings. The maximum absolute atomic E-state index is 12.6. The number of nitrogens with zero attached hydrogens (tertiary/aromatic N) is 4. The lowest BCUT2D eigenvalue weighted by molar-refractivity contribution is 0.101. The molecule has 3 rings (SSSR count). The first-order valence-corrected chi connectivity index (χ1v) is 9.62. The first-order valence-electron chi connectivity index (χ1n) is 8.80. The number of ether oxygens (including phenoxy) is 1. The molecule has 0 atom stereocenters. The molecular formula is C18H21N5O3S. The van der Waals surface area contributed by atoms with Crippen LogP contribution in [0.1, 0.15) is 46.0 Å². The SMILES string of the molecule is CCOC(=O)N1CCc2c(sc(NC(=O)c3cc(C)n(CC)n3)c2C#N)C1. The summed E-state index contributed by atoms with van der Waals surface area (Å²) in [6.45, 7) is 7.49. The summed E-state index contributed by atoms with van der Waals surface area (Å²) in [5, 5.41) is 17.2. The zero-order valence-electron chi connectivity index (χ0n) is 15.5. The third kappa shape index (κ3) is 3.66. The molecule has 0 aromatic carbocycles. The first kappa shape index (κ1) is 18.9. The molecule has 2 aromatic heterocycles. The van der Waals surface area contributed by atoms with Crippen LogP contribution >= 0.6 is 11.3 Å². The number of nitriles is 1. The fourth-order valence-electron chi connectivity index (χ4n) is 3.09. The second kappa shape index (κ2) is 7.80. The first-order chi connectivity index (χ1) is 13.0. The van der Waals surface area contributed by atoms with Gasteiger partial charge in [-0.2, -0.15) is 10.4 Å². The van der Waals surface area contributed by atoms with Crippen molar-refractivity contribution in [2.75, 3.05) is 18.5 Å². The molecule has 0 aliphatic carbocycles. The monoisotopic (exact) mass is 387 g/mol. The third-order valence-corrected chi connectivity index (χ3v) is 5.57. The van der Waals surface area contributed by atoms with Crippen LogP contribution in [0.15, 0.2) is 6.07 Å². The number of hydrogen-bond acceptors (Lipinski definition) is 6. The van der Waals surface area contributed by atoms with Crippen molar-refractivity contribution >= 4 is 28.3 Å². The zero-order chi connectivity index (χ0) is 19.6. The number of aromatic nitrogens is 2. The van der Waals surface area contributed by atoms with E-state index in [1.165, 1.54) is 11.3 Å². The van der Waals surface area contributed by atoms with Crippen LogP contribution in [-0.2, 0) is 24.2 Å². The Labute approximate surface area is 161 Å². The average molecular weight is 387 g/mol. The van der Waals surface area contributed by atoms with E-state index < -0.39 is 0 Å². The Morgan fingerprint density at radius 1 is 1.44 bits per heavy atom. The number of fused-ring (bicyclic) bond motifs is 1. The van der Waals surface area contributed by atoms with Gasteiger partial charge in [-0.05, 0) is 38.8 Å². The molecule has 0 unspecified atom stereocenters. The maximum Gasteiger partial charge on any atom is 0.410 e. The molecule has 142 valence electrons. The smallest absolute Gasteiger partial charge is 0.410 e. The molecule has 9 heteroatoms. The van der Waals surface area contributed by atoms with Crippen LogP contribution in [0.5, 0.6) is 0 Å². The number of thiophene rings is 1. The fraction of sp³-hybridized carbons (Fsp3) is 0.444. The van der Waals surface area contributed by atoms with Crippen molar-refractivity contribution < 1.29 is 14.3 Å². The molecule has 8 nitrogen and oxygen atoms in total. The normalized spacial score (nSPS) is 13.0. The summed E-state index contributed by atoms with van der Waals surface area (Å²) in [5.41, 5.74) is 2.59. The second-order valence-electron chi connectivity index (χ2n) is 6.13. The molecule has 0 spiro atoms. The van der Waals surface area contributed by atoms with Crippen molar-refractivity contribution in [3.05, 3.63) is 33.5 Å². The van der Waals surface area contributed by atoms with Crippen LogP contribution < -0.4 is 5.32 Å². The van der Waals surface area contributed by atoms with E-state index in [4.69, 9.17) is 4.74 Å². The fourth-order valence-corrected chi connectivity index (χ4v) is 4.30. The van der Waals surface area contributed by atoms with E-state index in [1.54, 1.807) is 22.6 Å². The maximum atomic E-state index is 12.6. The van der Waals surface area contributed by atoms with Gasteiger partial charge in [0.05, 0.1) is 18.7 Å². The molecule has 1 aliphatic rings. The van der Waals surface area contributed by atoms with Gasteiger partial charge in [-0.15, -0.1) is 11.3 Å². The Morgan fingerprint density at radius 2 is 2.22 bits per heavy atom. The zero-order valence-corrected chi connectivity index (χ0v) is 16.4. The summed E-state index contributed by atoms with van der Waals surface area (Å²) in [4.78, 5) is 27.0. The van der Waals surface area contributed by atoms with E-state index in [0.717, 1.165) is 16.1 Å². The van der Waals surface area contributed by atoms with Gasteiger partial charge in [0, 0.05) is 23.7 Å². The van der Waals surface area contributed by atoms with Crippen LogP contribution in [0.2, 0.25) is 0 Å². The Balaban J connectivity index is 1.82. The predicted octanol–water partition coefficient (Wildman–Crippen LogP) is 2.91. The standard InChI is InChI=1S/C18H21N5O3S/c1-4-23-11(3)8-14(21-23)16(24)20-17-13(9-19)12-6-7-22(10-15(12)27-17)18(25)26-5-2/h8H,4-7,10H2,1-3H3,(H,20,24).